The van der Waals surface area contributed by atoms with Crippen molar-refractivity contribution in [3.8, 4) is 5.75 Å². The van der Waals surface area contributed by atoms with Crippen molar-refractivity contribution in [2.75, 3.05) is 0 Å². The number of hydrogen-bond donors (Lipinski definition) is 1. The Labute approximate surface area is 112 Å². The Morgan fingerprint density at radius 2 is 2.00 bits per heavy atom. The molecule has 1 heterocycles. The van der Waals surface area contributed by atoms with Gasteiger partial charge in [0.05, 0.1) is 0 Å². The summed E-state index contributed by atoms with van der Waals surface area (Å²) >= 11 is 5.96. The summed E-state index contributed by atoms with van der Waals surface area (Å²) in [4.78, 5) is 3.96. The van der Waals surface area contributed by atoms with Gasteiger partial charge in [0.25, 0.3) is 0 Å². The van der Waals surface area contributed by atoms with Crippen LogP contribution in [-0.4, -0.2) is 4.98 Å². The molecule has 2 N–H and O–H groups in total. The molecule has 0 aliphatic rings. The molecular formula is C14H15ClN2O. The van der Waals surface area contributed by atoms with Crippen molar-refractivity contribution in [1.82, 2.24) is 4.98 Å². The van der Waals surface area contributed by atoms with Gasteiger partial charge in [0.2, 0.25) is 0 Å². The minimum Gasteiger partial charge on any atom is -0.489 e. The molecule has 0 unspecified atom stereocenters. The highest BCUT2D eigenvalue weighted by atomic mass is 35.5. The van der Waals surface area contributed by atoms with Gasteiger partial charge in [-0.05, 0) is 42.8 Å². The maximum atomic E-state index is 5.96. The Balaban J connectivity index is 2.14. The average Bonchev–Trinajstić information content (AvgIpc) is 2.38. The molecule has 0 saturated carbocycles. The molecule has 1 aromatic carbocycles. The first kappa shape index (κ1) is 12.9. The van der Waals surface area contributed by atoms with Crippen molar-refractivity contribution in [2.24, 2.45) is 5.73 Å². The molecular weight excluding hydrogens is 248 g/mol. The van der Waals surface area contributed by atoms with Crippen LogP contribution in [0.2, 0.25) is 5.02 Å². The lowest BCUT2D eigenvalue weighted by molar-refractivity contribution is 0.301. The minimum atomic E-state index is -0.115. The average molecular weight is 263 g/mol. The molecule has 0 fully saturated rings. The summed E-state index contributed by atoms with van der Waals surface area (Å²) in [6.07, 6.45) is 3.49. The Bertz CT molecular complexity index is 514. The fourth-order valence-corrected chi connectivity index (χ4v) is 1.83. The molecule has 1 atom stereocenters. The van der Waals surface area contributed by atoms with Gasteiger partial charge in [-0.15, -0.1) is 0 Å². The number of benzene rings is 1. The zero-order valence-electron chi connectivity index (χ0n) is 10.1. The van der Waals surface area contributed by atoms with Crippen molar-refractivity contribution in [1.29, 1.82) is 0 Å². The van der Waals surface area contributed by atoms with Gasteiger partial charge in [-0.3, -0.25) is 4.98 Å². The van der Waals surface area contributed by atoms with Gasteiger partial charge >= 0.3 is 0 Å². The van der Waals surface area contributed by atoms with Crippen LogP contribution in [0.3, 0.4) is 0 Å². The topological polar surface area (TPSA) is 48.1 Å². The van der Waals surface area contributed by atoms with Gasteiger partial charge in [-0.2, -0.15) is 0 Å². The van der Waals surface area contributed by atoms with E-state index in [4.69, 9.17) is 22.1 Å². The molecule has 3 nitrogen and oxygen atoms in total. The Hall–Kier alpha value is -1.58. The van der Waals surface area contributed by atoms with E-state index in [9.17, 15) is 0 Å². The van der Waals surface area contributed by atoms with Gasteiger partial charge in [0.15, 0.2) is 0 Å². The Morgan fingerprint density at radius 1 is 1.28 bits per heavy atom. The first-order chi connectivity index (χ1) is 8.66. The van der Waals surface area contributed by atoms with E-state index >= 15 is 0 Å². The van der Waals surface area contributed by atoms with Gasteiger partial charge in [0.1, 0.15) is 12.4 Å². The number of halogens is 1. The molecule has 0 radical (unpaired) electrons. The SMILES string of the molecule is C[C@@H](N)c1cc(Cl)ccc1OCc1ccncc1. The summed E-state index contributed by atoms with van der Waals surface area (Å²) in [5.41, 5.74) is 7.88. The molecule has 0 aliphatic carbocycles. The van der Waals surface area contributed by atoms with Gasteiger partial charge < -0.3 is 10.5 Å². The molecule has 0 spiro atoms. The number of nitrogens with two attached hydrogens (primary N) is 1. The van der Waals surface area contributed by atoms with Crippen molar-refractivity contribution in [3.05, 3.63) is 58.9 Å². The standard InChI is InChI=1S/C14H15ClN2O/c1-10(16)13-8-12(15)2-3-14(13)18-9-11-4-6-17-7-5-11/h2-8,10H,9,16H2,1H3/t10-/m1/s1. The maximum Gasteiger partial charge on any atom is 0.124 e. The zero-order chi connectivity index (χ0) is 13.0. The number of nitrogens with zero attached hydrogens (tertiary/aromatic N) is 1. The van der Waals surface area contributed by atoms with Crippen molar-refractivity contribution < 1.29 is 4.74 Å². The molecule has 4 heteroatoms. The van der Waals surface area contributed by atoms with Crippen molar-refractivity contribution in [3.63, 3.8) is 0 Å². The van der Waals surface area contributed by atoms with E-state index in [1.54, 1.807) is 18.5 Å². The minimum absolute atomic E-state index is 0.115. The third kappa shape index (κ3) is 3.22. The Kier molecular flexibility index (Phi) is 4.18. The van der Waals surface area contributed by atoms with Crippen LogP contribution in [0.4, 0.5) is 0 Å². The van der Waals surface area contributed by atoms with Crippen LogP contribution in [0.25, 0.3) is 0 Å². The van der Waals surface area contributed by atoms with E-state index in [1.165, 1.54) is 0 Å². The van der Waals surface area contributed by atoms with Crippen molar-refractivity contribution >= 4 is 11.6 Å². The van der Waals surface area contributed by atoms with E-state index in [2.05, 4.69) is 4.98 Å². The molecule has 18 heavy (non-hydrogen) atoms. The van der Waals surface area contributed by atoms with Crippen LogP contribution < -0.4 is 10.5 Å². The Morgan fingerprint density at radius 3 is 2.67 bits per heavy atom. The lowest BCUT2D eigenvalue weighted by atomic mass is 10.1. The lowest BCUT2D eigenvalue weighted by Gasteiger charge is -2.14. The van der Waals surface area contributed by atoms with Crippen LogP contribution in [0.1, 0.15) is 24.1 Å². The van der Waals surface area contributed by atoms with E-state index in [0.29, 0.717) is 11.6 Å². The number of hydrogen-bond acceptors (Lipinski definition) is 3. The fourth-order valence-electron chi connectivity index (χ4n) is 1.65. The molecule has 94 valence electrons. The van der Waals surface area contributed by atoms with Crippen LogP contribution in [0.15, 0.2) is 42.7 Å². The predicted molar refractivity (Wildman–Crippen MR) is 72.6 cm³/mol. The fraction of sp³-hybridized carbons (Fsp3) is 0.214. The highest BCUT2D eigenvalue weighted by Gasteiger charge is 2.09. The van der Waals surface area contributed by atoms with Gasteiger partial charge in [0, 0.05) is 29.0 Å². The van der Waals surface area contributed by atoms with Crippen LogP contribution in [-0.2, 0) is 6.61 Å². The second kappa shape index (κ2) is 5.85. The quantitative estimate of drug-likeness (QED) is 0.919. The molecule has 0 amide bonds. The van der Waals surface area contributed by atoms with E-state index in [-0.39, 0.29) is 6.04 Å². The summed E-state index contributed by atoms with van der Waals surface area (Å²) in [7, 11) is 0. The number of rotatable bonds is 4. The number of aromatic nitrogens is 1. The second-order valence-electron chi connectivity index (χ2n) is 4.11. The summed E-state index contributed by atoms with van der Waals surface area (Å²) < 4.78 is 5.77. The zero-order valence-corrected chi connectivity index (χ0v) is 10.9. The number of ether oxygens (including phenoxy) is 1. The molecule has 2 aromatic rings. The van der Waals surface area contributed by atoms with Crippen LogP contribution >= 0.6 is 11.6 Å². The first-order valence-electron chi connectivity index (χ1n) is 5.73. The van der Waals surface area contributed by atoms with Gasteiger partial charge in [-0.1, -0.05) is 11.6 Å². The van der Waals surface area contributed by atoms with Crippen molar-refractivity contribution in [2.45, 2.75) is 19.6 Å². The summed E-state index contributed by atoms with van der Waals surface area (Å²) in [6, 6.07) is 9.21. The van der Waals surface area contributed by atoms with E-state index < -0.39 is 0 Å². The highest BCUT2D eigenvalue weighted by molar-refractivity contribution is 6.30. The smallest absolute Gasteiger partial charge is 0.124 e. The summed E-state index contributed by atoms with van der Waals surface area (Å²) in [5.74, 6) is 0.770. The third-order valence-electron chi connectivity index (χ3n) is 2.61. The third-order valence-corrected chi connectivity index (χ3v) is 2.84. The molecule has 0 bridgehead atoms. The van der Waals surface area contributed by atoms with E-state index in [0.717, 1.165) is 16.9 Å². The largest absolute Gasteiger partial charge is 0.489 e. The highest BCUT2D eigenvalue weighted by Crippen LogP contribution is 2.27. The number of pyridine rings is 1. The first-order valence-corrected chi connectivity index (χ1v) is 6.11. The monoisotopic (exact) mass is 262 g/mol. The van der Waals surface area contributed by atoms with Gasteiger partial charge in [-0.25, -0.2) is 0 Å². The maximum absolute atomic E-state index is 5.96. The molecule has 1 aromatic heterocycles. The second-order valence-corrected chi connectivity index (χ2v) is 4.55. The molecule has 2 rings (SSSR count). The summed E-state index contributed by atoms with van der Waals surface area (Å²) in [5, 5.41) is 0.665. The van der Waals surface area contributed by atoms with E-state index in [1.807, 2.05) is 31.2 Å². The lowest BCUT2D eigenvalue weighted by Crippen LogP contribution is -2.08. The summed E-state index contributed by atoms with van der Waals surface area (Å²) in [6.45, 7) is 2.40. The predicted octanol–water partition coefficient (Wildman–Crippen LogP) is 3.33. The van der Waals surface area contributed by atoms with Crippen LogP contribution in [0, 0.1) is 0 Å². The molecule has 0 aliphatic heterocycles. The van der Waals surface area contributed by atoms with Crippen LogP contribution in [0.5, 0.6) is 5.75 Å². The normalized spacial score (nSPS) is 12.2. The molecule has 0 saturated heterocycles.